The number of nitrogens with zero attached hydrogens (tertiary/aromatic N) is 2. The molecule has 36 heavy (non-hydrogen) atoms. The van der Waals surface area contributed by atoms with Gasteiger partial charge >= 0.3 is 0 Å². The maximum absolute atomic E-state index is 4.55. The number of rotatable bonds is 2. The fourth-order valence-corrected chi connectivity index (χ4v) is 2.52. The van der Waals surface area contributed by atoms with Crippen LogP contribution in [-0.4, -0.2) is 10.3 Å². The van der Waals surface area contributed by atoms with Gasteiger partial charge in [-0.25, -0.2) is 0 Å². The number of thiocarbonyl (C=S) groups is 2. The maximum atomic E-state index is 4.55. The highest BCUT2D eigenvalue weighted by atomic mass is 32.1. The van der Waals surface area contributed by atoms with Gasteiger partial charge < -0.3 is 0 Å². The van der Waals surface area contributed by atoms with Crippen LogP contribution in [0.4, 0.5) is 11.4 Å². The topological polar surface area (TPSA) is 24.7 Å². The maximum Gasteiger partial charge on any atom is 0.0740 e. The molecule has 0 heterocycles. The van der Waals surface area contributed by atoms with Crippen molar-refractivity contribution in [3.63, 3.8) is 0 Å². The Labute approximate surface area is 225 Å². The number of hydrogen-bond acceptors (Lipinski definition) is 4. The smallest absolute Gasteiger partial charge is 0.0740 e. The van der Waals surface area contributed by atoms with E-state index in [9.17, 15) is 0 Å². The first-order chi connectivity index (χ1) is 17.5. The zero-order valence-corrected chi connectivity index (χ0v) is 22.3. The summed E-state index contributed by atoms with van der Waals surface area (Å²) in [5.74, 6) is 21.7. The summed E-state index contributed by atoms with van der Waals surface area (Å²) in [5.41, 5.74) is 6.10. The van der Waals surface area contributed by atoms with Crippen molar-refractivity contribution in [3.8, 4) is 47.4 Å². The zero-order valence-electron chi connectivity index (χ0n) is 20.6. The average Bonchev–Trinajstić information content (AvgIpc) is 2.90. The Kier molecular flexibility index (Phi) is 15.5. The first-order valence-corrected chi connectivity index (χ1v) is 11.6. The summed E-state index contributed by atoms with van der Waals surface area (Å²) in [4.78, 5) is 7.70. The first kappa shape index (κ1) is 29.5. The molecule has 3 rings (SSSR count). The zero-order chi connectivity index (χ0) is 26.4. The highest BCUT2D eigenvalue weighted by molar-refractivity contribution is 7.78. The Morgan fingerprint density at radius 2 is 0.833 bits per heavy atom. The number of aliphatic imine (C=N–C) groups is 2. The largest absolute Gasteiger partial charge is 0.195 e. The van der Waals surface area contributed by atoms with Crippen molar-refractivity contribution in [2.24, 2.45) is 9.98 Å². The van der Waals surface area contributed by atoms with Crippen LogP contribution in [0, 0.1) is 61.2 Å². The second-order valence-corrected chi connectivity index (χ2v) is 7.27. The number of benzene rings is 3. The van der Waals surface area contributed by atoms with Crippen LogP contribution in [0.2, 0.25) is 0 Å². The molecule has 0 N–H and O–H groups in total. The van der Waals surface area contributed by atoms with Gasteiger partial charge in [0, 0.05) is 11.1 Å². The fraction of sp³-hybridized carbons (Fsp3) is 0.125. The third kappa shape index (κ3) is 13.9. The van der Waals surface area contributed by atoms with Crippen LogP contribution in [0.1, 0.15) is 36.1 Å². The van der Waals surface area contributed by atoms with Crippen LogP contribution in [0.25, 0.3) is 0 Å². The van der Waals surface area contributed by atoms with Gasteiger partial charge in [-0.15, -0.1) is 0 Å². The average molecular weight is 501 g/mol. The van der Waals surface area contributed by atoms with Crippen molar-refractivity contribution < 1.29 is 0 Å². The van der Waals surface area contributed by atoms with E-state index < -0.39 is 0 Å². The van der Waals surface area contributed by atoms with Crippen molar-refractivity contribution >= 4 is 46.1 Å². The van der Waals surface area contributed by atoms with Gasteiger partial charge in [-0.1, -0.05) is 59.1 Å². The first-order valence-electron chi connectivity index (χ1n) is 10.8. The van der Waals surface area contributed by atoms with Crippen molar-refractivity contribution in [3.05, 3.63) is 95.1 Å². The summed E-state index contributed by atoms with van der Waals surface area (Å²) >= 11 is 9.00. The van der Waals surface area contributed by atoms with Gasteiger partial charge in [0.15, 0.2) is 0 Å². The second-order valence-electron chi connectivity index (χ2n) is 6.90. The lowest BCUT2D eigenvalue weighted by molar-refractivity contribution is 1.44. The normalized spacial score (nSPS) is 7.67. The van der Waals surface area contributed by atoms with Crippen LogP contribution in [0.5, 0.6) is 0 Å². The van der Waals surface area contributed by atoms with E-state index in [1.807, 2.05) is 67.6 Å². The van der Waals surface area contributed by atoms with E-state index in [0.717, 1.165) is 22.5 Å². The van der Waals surface area contributed by atoms with Crippen LogP contribution in [0.15, 0.2) is 82.8 Å². The molecule has 174 valence electrons. The predicted octanol–water partition coefficient (Wildman–Crippen LogP) is 7.89. The van der Waals surface area contributed by atoms with Crippen molar-refractivity contribution in [1.29, 1.82) is 0 Å². The molecule has 0 aliphatic carbocycles. The molecule has 0 aliphatic rings. The third-order valence-corrected chi connectivity index (χ3v) is 4.27. The Balaban J connectivity index is 0.000000304. The number of aryl methyl sites for hydroxylation is 2. The highest BCUT2D eigenvalue weighted by Gasteiger charge is 1.90. The molecule has 4 heteroatoms. The standard InChI is InChI=1S/C16H11NS.C8H7NS.C8H6/c1-13-2-4-14(5-3-13)6-7-15-8-10-16(11-9-15)17-12-18;1-7-2-4-8(5-3-7)9-6-10;1-3-5-7-8-6-4-2/h2-5,8-11H,1H3;2-5H,1H3;1-2H3. The monoisotopic (exact) mass is 500 g/mol. The van der Waals surface area contributed by atoms with Gasteiger partial charge in [0.25, 0.3) is 0 Å². The SMILES string of the molecule is CC#CC#CC#CC.Cc1ccc(C#Cc2ccc(N=C=S)cc2)cc1.Cc1ccc(N=C=S)cc1. The van der Waals surface area contributed by atoms with Crippen LogP contribution in [-0.2, 0) is 0 Å². The summed E-state index contributed by atoms with van der Waals surface area (Å²) in [6, 6.07) is 23.6. The molecule has 2 nitrogen and oxygen atoms in total. The molecule has 0 aromatic heterocycles. The Hall–Kier alpha value is -4.50. The lowest BCUT2D eigenvalue weighted by atomic mass is 10.1. The number of hydrogen-bond donors (Lipinski definition) is 0. The molecule has 0 saturated heterocycles. The predicted molar refractivity (Wildman–Crippen MR) is 159 cm³/mol. The summed E-state index contributed by atoms with van der Waals surface area (Å²) in [6.45, 7) is 7.58. The molecule has 0 saturated carbocycles. The van der Waals surface area contributed by atoms with Gasteiger partial charge in [0.05, 0.1) is 21.7 Å². The van der Waals surface area contributed by atoms with Crippen LogP contribution in [0.3, 0.4) is 0 Å². The second kappa shape index (κ2) is 18.9. The fourth-order valence-electron chi connectivity index (χ4n) is 2.31. The van der Waals surface area contributed by atoms with Crippen molar-refractivity contribution in [2.45, 2.75) is 27.7 Å². The molecular weight excluding hydrogens is 477 g/mol. The molecule has 0 atom stereocenters. The molecule has 0 radical (unpaired) electrons. The lowest BCUT2D eigenvalue weighted by Gasteiger charge is -1.93. The molecular formula is C32H24N2S2. The Morgan fingerprint density at radius 3 is 1.19 bits per heavy atom. The van der Waals surface area contributed by atoms with Gasteiger partial charge in [-0.3, -0.25) is 0 Å². The molecule has 3 aromatic carbocycles. The van der Waals surface area contributed by atoms with E-state index >= 15 is 0 Å². The molecule has 0 amide bonds. The third-order valence-electron chi connectivity index (χ3n) is 4.09. The lowest BCUT2D eigenvalue weighted by Crippen LogP contribution is -1.76. The molecule has 0 spiro atoms. The van der Waals surface area contributed by atoms with Gasteiger partial charge in [-0.05, 0) is 124 Å². The summed E-state index contributed by atoms with van der Waals surface area (Å²) < 4.78 is 0. The Morgan fingerprint density at radius 1 is 0.500 bits per heavy atom. The molecule has 0 unspecified atom stereocenters. The quantitative estimate of drug-likeness (QED) is 0.203. The number of isothiocyanates is 2. The van der Waals surface area contributed by atoms with Crippen molar-refractivity contribution in [1.82, 2.24) is 0 Å². The molecule has 0 aliphatic heterocycles. The van der Waals surface area contributed by atoms with Gasteiger partial charge in [0.1, 0.15) is 0 Å². The highest BCUT2D eigenvalue weighted by Crippen LogP contribution is 2.12. The molecule has 0 bridgehead atoms. The van der Waals surface area contributed by atoms with E-state index in [1.165, 1.54) is 11.1 Å². The molecule has 3 aromatic rings. The minimum absolute atomic E-state index is 0.797. The van der Waals surface area contributed by atoms with E-state index in [4.69, 9.17) is 0 Å². The summed E-state index contributed by atoms with van der Waals surface area (Å²) in [7, 11) is 0. The van der Waals surface area contributed by atoms with Gasteiger partial charge in [0.2, 0.25) is 0 Å². The van der Waals surface area contributed by atoms with E-state index in [2.05, 4.69) is 111 Å². The minimum atomic E-state index is 0.797. The van der Waals surface area contributed by atoms with Crippen LogP contribution >= 0.6 is 24.4 Å². The van der Waals surface area contributed by atoms with E-state index in [-0.39, 0.29) is 0 Å². The van der Waals surface area contributed by atoms with Gasteiger partial charge in [-0.2, -0.15) is 9.98 Å². The Bertz CT molecular complexity index is 1430. The van der Waals surface area contributed by atoms with Crippen LogP contribution < -0.4 is 0 Å². The minimum Gasteiger partial charge on any atom is -0.195 e. The summed E-state index contributed by atoms with van der Waals surface area (Å²) in [6.07, 6.45) is 0. The van der Waals surface area contributed by atoms with E-state index in [0.29, 0.717) is 0 Å². The van der Waals surface area contributed by atoms with E-state index in [1.54, 1.807) is 13.8 Å². The van der Waals surface area contributed by atoms with Crippen molar-refractivity contribution in [2.75, 3.05) is 0 Å². The molecule has 0 fully saturated rings. The summed E-state index contributed by atoms with van der Waals surface area (Å²) in [5, 5.41) is 4.65.